The summed E-state index contributed by atoms with van der Waals surface area (Å²) in [5.41, 5.74) is 5.97. The predicted molar refractivity (Wildman–Crippen MR) is 58.5 cm³/mol. The topological polar surface area (TPSA) is 26.0 Å². The Hall–Kier alpha value is -0.740. The van der Waals surface area contributed by atoms with Crippen LogP contribution in [-0.4, -0.2) is 6.04 Å². The summed E-state index contributed by atoms with van der Waals surface area (Å²) in [5.74, 6) is 0.460. The monoisotopic (exact) mass is 251 g/mol. The van der Waals surface area contributed by atoms with Crippen molar-refractivity contribution in [3.05, 3.63) is 35.4 Å². The Kier molecular flexibility index (Phi) is 3.86. The molecular formula is C11H13ClF3N. The summed E-state index contributed by atoms with van der Waals surface area (Å²) in [6.45, 7) is 0. The fraction of sp³-hybridized carbons (Fsp3) is 0.455. The molecule has 0 saturated heterocycles. The molecule has 2 atom stereocenters. The van der Waals surface area contributed by atoms with Crippen molar-refractivity contribution < 1.29 is 13.2 Å². The second kappa shape index (κ2) is 4.63. The highest BCUT2D eigenvalue weighted by atomic mass is 35.5. The fourth-order valence-corrected chi connectivity index (χ4v) is 1.64. The van der Waals surface area contributed by atoms with Crippen LogP contribution in [0.3, 0.4) is 0 Å². The first kappa shape index (κ1) is 13.3. The van der Waals surface area contributed by atoms with Gasteiger partial charge in [-0.25, -0.2) is 0 Å². The Labute approximate surface area is 98.2 Å². The van der Waals surface area contributed by atoms with Crippen LogP contribution in [0.25, 0.3) is 0 Å². The van der Waals surface area contributed by atoms with Gasteiger partial charge in [-0.15, -0.1) is 12.4 Å². The molecule has 5 heteroatoms. The van der Waals surface area contributed by atoms with Gasteiger partial charge in [-0.05, 0) is 36.5 Å². The molecule has 1 aromatic carbocycles. The van der Waals surface area contributed by atoms with Gasteiger partial charge in [0.05, 0.1) is 5.56 Å². The second-order valence-corrected chi connectivity index (χ2v) is 4.06. The lowest BCUT2D eigenvalue weighted by Crippen LogP contribution is -2.06. The van der Waals surface area contributed by atoms with E-state index in [0.29, 0.717) is 5.92 Å². The van der Waals surface area contributed by atoms with E-state index in [1.165, 1.54) is 12.1 Å². The molecule has 1 aliphatic carbocycles. The molecule has 0 amide bonds. The number of nitrogens with two attached hydrogens (primary N) is 1. The van der Waals surface area contributed by atoms with E-state index in [2.05, 4.69) is 0 Å². The lowest BCUT2D eigenvalue weighted by Gasteiger charge is -2.07. The molecule has 0 aromatic heterocycles. The van der Waals surface area contributed by atoms with Crippen molar-refractivity contribution in [3.63, 3.8) is 0 Å². The summed E-state index contributed by atoms with van der Waals surface area (Å²) in [5, 5.41) is 0. The van der Waals surface area contributed by atoms with Crippen LogP contribution in [-0.2, 0) is 12.6 Å². The maximum Gasteiger partial charge on any atom is 0.416 e. The lowest BCUT2D eigenvalue weighted by molar-refractivity contribution is -0.137. The van der Waals surface area contributed by atoms with Gasteiger partial charge in [0.2, 0.25) is 0 Å². The summed E-state index contributed by atoms with van der Waals surface area (Å²) in [6, 6.07) is 5.57. The van der Waals surface area contributed by atoms with E-state index < -0.39 is 11.7 Å². The van der Waals surface area contributed by atoms with Gasteiger partial charge >= 0.3 is 6.18 Å². The van der Waals surface area contributed by atoms with Crippen LogP contribution in [0.5, 0.6) is 0 Å². The van der Waals surface area contributed by atoms with Gasteiger partial charge in [-0.2, -0.15) is 13.2 Å². The van der Waals surface area contributed by atoms with Crippen LogP contribution in [0.4, 0.5) is 13.2 Å². The quantitative estimate of drug-likeness (QED) is 0.859. The minimum absolute atomic E-state index is 0. The smallest absolute Gasteiger partial charge is 0.327 e. The molecule has 1 nitrogen and oxygen atoms in total. The average molecular weight is 252 g/mol. The molecule has 16 heavy (non-hydrogen) atoms. The van der Waals surface area contributed by atoms with E-state index in [1.54, 1.807) is 0 Å². The Morgan fingerprint density at radius 1 is 1.19 bits per heavy atom. The van der Waals surface area contributed by atoms with Crippen molar-refractivity contribution in [1.29, 1.82) is 0 Å². The normalized spacial score (nSPS) is 23.8. The summed E-state index contributed by atoms with van der Waals surface area (Å²) in [6.07, 6.45) is -2.46. The van der Waals surface area contributed by atoms with E-state index in [1.807, 2.05) is 0 Å². The number of halogens is 4. The molecule has 0 radical (unpaired) electrons. The van der Waals surface area contributed by atoms with Crippen LogP contribution in [0.15, 0.2) is 24.3 Å². The third-order valence-corrected chi connectivity index (χ3v) is 2.76. The molecule has 1 saturated carbocycles. The Bertz CT molecular complexity index is 347. The van der Waals surface area contributed by atoms with Crippen molar-refractivity contribution in [3.8, 4) is 0 Å². The average Bonchev–Trinajstić information content (AvgIpc) is 2.81. The molecule has 90 valence electrons. The largest absolute Gasteiger partial charge is 0.416 e. The van der Waals surface area contributed by atoms with Gasteiger partial charge in [0.1, 0.15) is 0 Å². The van der Waals surface area contributed by atoms with E-state index >= 15 is 0 Å². The predicted octanol–water partition coefficient (Wildman–Crippen LogP) is 3.02. The SMILES string of the molecule is Cl.NC1CC1Cc1ccc(C(F)(F)F)cc1. The highest BCUT2D eigenvalue weighted by Gasteiger charge is 2.33. The summed E-state index contributed by atoms with van der Waals surface area (Å²) in [4.78, 5) is 0. The van der Waals surface area contributed by atoms with Crippen molar-refractivity contribution in [2.75, 3.05) is 0 Å². The summed E-state index contributed by atoms with van der Waals surface area (Å²) >= 11 is 0. The van der Waals surface area contributed by atoms with Gasteiger partial charge in [-0.1, -0.05) is 12.1 Å². The minimum atomic E-state index is -4.24. The van der Waals surface area contributed by atoms with E-state index in [9.17, 15) is 13.2 Å². The zero-order valence-corrected chi connectivity index (χ0v) is 9.31. The third-order valence-electron chi connectivity index (χ3n) is 2.76. The molecule has 1 aromatic rings. The van der Waals surface area contributed by atoms with Crippen LogP contribution in [0.2, 0.25) is 0 Å². The number of hydrogen-bond acceptors (Lipinski definition) is 1. The first-order valence-electron chi connectivity index (χ1n) is 4.88. The standard InChI is InChI=1S/C11H12F3N.ClH/c12-11(13,14)9-3-1-7(2-4-9)5-8-6-10(8)15;/h1-4,8,10H,5-6,15H2;1H. The maximum atomic E-state index is 12.2. The zero-order chi connectivity index (χ0) is 11.1. The Morgan fingerprint density at radius 2 is 1.69 bits per heavy atom. The molecule has 0 bridgehead atoms. The van der Waals surface area contributed by atoms with Gasteiger partial charge in [-0.3, -0.25) is 0 Å². The van der Waals surface area contributed by atoms with Crippen molar-refractivity contribution >= 4 is 12.4 Å². The summed E-state index contributed by atoms with van der Waals surface area (Å²) < 4.78 is 36.7. The molecule has 2 unspecified atom stereocenters. The summed E-state index contributed by atoms with van der Waals surface area (Å²) in [7, 11) is 0. The molecule has 0 spiro atoms. The van der Waals surface area contributed by atoms with E-state index in [0.717, 1.165) is 30.5 Å². The molecule has 0 aliphatic heterocycles. The lowest BCUT2D eigenvalue weighted by atomic mass is 10.1. The van der Waals surface area contributed by atoms with Crippen LogP contribution < -0.4 is 5.73 Å². The highest BCUT2D eigenvalue weighted by molar-refractivity contribution is 5.85. The van der Waals surface area contributed by atoms with Crippen molar-refractivity contribution in [2.24, 2.45) is 11.7 Å². The van der Waals surface area contributed by atoms with E-state index in [-0.39, 0.29) is 18.4 Å². The molecule has 0 heterocycles. The zero-order valence-electron chi connectivity index (χ0n) is 8.50. The van der Waals surface area contributed by atoms with Gasteiger partial charge < -0.3 is 5.73 Å². The van der Waals surface area contributed by atoms with Gasteiger partial charge in [0.15, 0.2) is 0 Å². The van der Waals surface area contributed by atoms with Crippen LogP contribution in [0, 0.1) is 5.92 Å². The molecule has 2 rings (SSSR count). The number of alkyl halides is 3. The van der Waals surface area contributed by atoms with Gasteiger partial charge in [0, 0.05) is 6.04 Å². The third kappa shape index (κ3) is 3.12. The molecular weight excluding hydrogens is 239 g/mol. The number of benzene rings is 1. The highest BCUT2D eigenvalue weighted by Crippen LogP contribution is 2.33. The first-order chi connectivity index (χ1) is 6.97. The van der Waals surface area contributed by atoms with Crippen molar-refractivity contribution in [2.45, 2.75) is 25.1 Å². The first-order valence-corrected chi connectivity index (χ1v) is 4.88. The molecule has 1 fully saturated rings. The van der Waals surface area contributed by atoms with Crippen molar-refractivity contribution in [1.82, 2.24) is 0 Å². The molecule has 2 N–H and O–H groups in total. The minimum Gasteiger partial charge on any atom is -0.327 e. The molecule has 1 aliphatic rings. The van der Waals surface area contributed by atoms with Crippen LogP contribution >= 0.6 is 12.4 Å². The second-order valence-electron chi connectivity index (χ2n) is 4.06. The Balaban J connectivity index is 0.00000128. The Morgan fingerprint density at radius 3 is 2.06 bits per heavy atom. The number of rotatable bonds is 2. The van der Waals surface area contributed by atoms with E-state index in [4.69, 9.17) is 5.73 Å². The fourth-order valence-electron chi connectivity index (χ4n) is 1.64. The number of hydrogen-bond donors (Lipinski definition) is 1. The maximum absolute atomic E-state index is 12.2. The van der Waals surface area contributed by atoms with Gasteiger partial charge in [0.25, 0.3) is 0 Å². The van der Waals surface area contributed by atoms with Crippen LogP contribution in [0.1, 0.15) is 17.5 Å².